The van der Waals surface area contributed by atoms with Crippen molar-refractivity contribution in [1.82, 2.24) is 0 Å². The van der Waals surface area contributed by atoms with Crippen molar-refractivity contribution in [3.63, 3.8) is 0 Å². The van der Waals surface area contributed by atoms with Gasteiger partial charge in [-0.3, -0.25) is 0 Å². The third-order valence-corrected chi connectivity index (χ3v) is 4.01. The van der Waals surface area contributed by atoms with E-state index < -0.39 is 11.6 Å². The van der Waals surface area contributed by atoms with E-state index >= 15 is 0 Å². The molecule has 5 heteroatoms. The van der Waals surface area contributed by atoms with Crippen LogP contribution >= 0.6 is 0 Å². The second kappa shape index (κ2) is 4.09. The Hall–Kier alpha value is -1.36. The van der Waals surface area contributed by atoms with E-state index in [4.69, 9.17) is 10.5 Å². The van der Waals surface area contributed by atoms with Crippen molar-refractivity contribution in [3.05, 3.63) is 23.8 Å². The van der Waals surface area contributed by atoms with Crippen LogP contribution in [0.2, 0.25) is 0 Å². The summed E-state index contributed by atoms with van der Waals surface area (Å²) in [6, 6.07) is 2.25. The quantitative estimate of drug-likeness (QED) is 0.780. The fraction of sp³-hybridized carbons (Fsp3) is 0.538. The molecule has 1 spiro atoms. The number of nitrogens with two attached hydrogens (primary N) is 1. The van der Waals surface area contributed by atoms with Crippen LogP contribution in [-0.2, 0) is 4.74 Å². The summed E-state index contributed by atoms with van der Waals surface area (Å²) in [4.78, 5) is 1.93. The van der Waals surface area contributed by atoms with E-state index in [9.17, 15) is 8.78 Å². The number of anilines is 2. The Bertz CT molecular complexity index is 464. The van der Waals surface area contributed by atoms with Gasteiger partial charge in [-0.25, -0.2) is 8.78 Å². The van der Waals surface area contributed by atoms with Gasteiger partial charge in [0.1, 0.15) is 11.6 Å². The highest BCUT2D eigenvalue weighted by atomic mass is 19.1. The standard InChI is InChI=1S/C13H16F2N2O/c14-9-5-10(15)12(6-11(9)16)17-7-13(8-17)1-3-18-4-2-13/h5-6H,1-4,7-8,16H2. The largest absolute Gasteiger partial charge is 0.396 e. The van der Waals surface area contributed by atoms with Gasteiger partial charge in [0.15, 0.2) is 0 Å². The fourth-order valence-corrected chi connectivity index (χ4v) is 2.85. The molecule has 1 aromatic rings. The second-order valence-corrected chi connectivity index (χ2v) is 5.29. The molecule has 2 fully saturated rings. The van der Waals surface area contributed by atoms with E-state index in [1.165, 1.54) is 6.07 Å². The van der Waals surface area contributed by atoms with Crippen molar-refractivity contribution >= 4 is 11.4 Å². The minimum atomic E-state index is -0.697. The Kier molecular flexibility index (Phi) is 2.66. The molecule has 0 bridgehead atoms. The van der Waals surface area contributed by atoms with Crippen LogP contribution in [0.15, 0.2) is 12.1 Å². The van der Waals surface area contributed by atoms with Gasteiger partial charge in [-0.15, -0.1) is 0 Å². The topological polar surface area (TPSA) is 38.5 Å². The summed E-state index contributed by atoms with van der Waals surface area (Å²) in [5, 5.41) is 0. The number of nitrogens with zero attached hydrogens (tertiary/aromatic N) is 1. The van der Waals surface area contributed by atoms with E-state index in [2.05, 4.69) is 0 Å². The predicted molar refractivity (Wildman–Crippen MR) is 65.5 cm³/mol. The number of hydrogen-bond acceptors (Lipinski definition) is 3. The number of ether oxygens (including phenoxy) is 1. The second-order valence-electron chi connectivity index (χ2n) is 5.29. The van der Waals surface area contributed by atoms with Crippen LogP contribution in [0.1, 0.15) is 12.8 Å². The van der Waals surface area contributed by atoms with Gasteiger partial charge in [0.25, 0.3) is 0 Å². The molecule has 0 saturated carbocycles. The zero-order chi connectivity index (χ0) is 12.8. The summed E-state index contributed by atoms with van der Waals surface area (Å²) < 4.78 is 32.1. The van der Waals surface area contributed by atoms with Gasteiger partial charge in [-0.1, -0.05) is 0 Å². The molecule has 0 unspecified atom stereocenters. The first-order chi connectivity index (χ1) is 8.60. The lowest BCUT2D eigenvalue weighted by Gasteiger charge is -2.53. The number of benzene rings is 1. The number of hydrogen-bond donors (Lipinski definition) is 1. The van der Waals surface area contributed by atoms with Crippen molar-refractivity contribution in [3.8, 4) is 0 Å². The van der Waals surface area contributed by atoms with Gasteiger partial charge in [-0.2, -0.15) is 0 Å². The molecule has 2 N–H and O–H groups in total. The van der Waals surface area contributed by atoms with Crippen LogP contribution in [-0.4, -0.2) is 26.3 Å². The van der Waals surface area contributed by atoms with Crippen LogP contribution in [0, 0.1) is 17.0 Å². The summed E-state index contributed by atoms with van der Waals surface area (Å²) in [7, 11) is 0. The Morgan fingerprint density at radius 3 is 2.44 bits per heavy atom. The maximum absolute atomic E-state index is 13.7. The Morgan fingerprint density at radius 1 is 1.11 bits per heavy atom. The minimum Gasteiger partial charge on any atom is -0.396 e. The van der Waals surface area contributed by atoms with Gasteiger partial charge in [0, 0.05) is 37.8 Å². The molecular weight excluding hydrogens is 238 g/mol. The zero-order valence-corrected chi connectivity index (χ0v) is 10.1. The molecule has 3 nitrogen and oxygen atoms in total. The van der Waals surface area contributed by atoms with Gasteiger partial charge in [0.05, 0.1) is 11.4 Å². The zero-order valence-electron chi connectivity index (χ0n) is 10.1. The molecule has 98 valence electrons. The van der Waals surface area contributed by atoms with E-state index in [1.54, 1.807) is 0 Å². The summed E-state index contributed by atoms with van der Waals surface area (Å²) >= 11 is 0. The van der Waals surface area contributed by atoms with Crippen molar-refractivity contribution in [1.29, 1.82) is 0 Å². The molecule has 2 heterocycles. The van der Waals surface area contributed by atoms with Crippen LogP contribution in [0.25, 0.3) is 0 Å². The monoisotopic (exact) mass is 254 g/mol. The SMILES string of the molecule is Nc1cc(N2CC3(CCOCC3)C2)c(F)cc1F. The van der Waals surface area contributed by atoms with Gasteiger partial charge < -0.3 is 15.4 Å². The fourth-order valence-electron chi connectivity index (χ4n) is 2.85. The summed E-state index contributed by atoms with van der Waals surface area (Å²) in [5.41, 5.74) is 6.15. The molecule has 0 amide bonds. The van der Waals surface area contributed by atoms with E-state index in [1.807, 2.05) is 4.90 Å². The van der Waals surface area contributed by atoms with Crippen molar-refractivity contribution in [2.45, 2.75) is 12.8 Å². The maximum Gasteiger partial charge on any atom is 0.149 e. The summed E-state index contributed by atoms with van der Waals surface area (Å²) in [6.07, 6.45) is 2.03. The van der Waals surface area contributed by atoms with Crippen LogP contribution in [0.3, 0.4) is 0 Å². The molecule has 18 heavy (non-hydrogen) atoms. The van der Waals surface area contributed by atoms with Crippen LogP contribution in [0.4, 0.5) is 20.2 Å². The molecule has 2 aliphatic heterocycles. The van der Waals surface area contributed by atoms with E-state index in [0.29, 0.717) is 5.69 Å². The lowest BCUT2D eigenvalue weighted by molar-refractivity contribution is -0.000387. The molecule has 2 saturated heterocycles. The third kappa shape index (κ3) is 1.82. The first kappa shape index (κ1) is 11.7. The van der Waals surface area contributed by atoms with Gasteiger partial charge in [-0.05, 0) is 18.9 Å². The van der Waals surface area contributed by atoms with Gasteiger partial charge >= 0.3 is 0 Å². The molecule has 1 aromatic carbocycles. The number of rotatable bonds is 1. The van der Waals surface area contributed by atoms with E-state index in [-0.39, 0.29) is 11.1 Å². The highest BCUT2D eigenvalue weighted by Crippen LogP contribution is 2.43. The minimum absolute atomic E-state index is 0.000623. The smallest absolute Gasteiger partial charge is 0.149 e. The molecule has 0 atom stereocenters. The normalized spacial score (nSPS) is 22.0. The Labute approximate surface area is 105 Å². The average Bonchev–Trinajstić information content (AvgIpc) is 2.32. The van der Waals surface area contributed by atoms with Crippen LogP contribution in [0.5, 0.6) is 0 Å². The average molecular weight is 254 g/mol. The first-order valence-electron chi connectivity index (χ1n) is 6.17. The molecule has 3 rings (SSSR count). The highest BCUT2D eigenvalue weighted by molar-refractivity contribution is 5.59. The molecule has 0 aliphatic carbocycles. The molecular formula is C13H16F2N2O. The predicted octanol–water partition coefficient (Wildman–Crippen LogP) is 2.16. The maximum atomic E-state index is 13.7. The summed E-state index contributed by atoms with van der Waals surface area (Å²) in [6.45, 7) is 3.17. The first-order valence-corrected chi connectivity index (χ1v) is 6.17. The number of nitrogen functional groups attached to an aromatic ring is 1. The third-order valence-electron chi connectivity index (χ3n) is 4.01. The molecule has 2 aliphatic rings. The molecule has 0 radical (unpaired) electrons. The lowest BCUT2D eigenvalue weighted by atomic mass is 9.73. The highest BCUT2D eigenvalue weighted by Gasteiger charge is 2.44. The number of halogens is 2. The van der Waals surface area contributed by atoms with E-state index in [0.717, 1.165) is 45.2 Å². The van der Waals surface area contributed by atoms with Crippen molar-refractivity contribution < 1.29 is 13.5 Å². The Morgan fingerprint density at radius 2 is 1.78 bits per heavy atom. The summed E-state index contributed by atoms with van der Waals surface area (Å²) in [5.74, 6) is -1.24. The Balaban J connectivity index is 1.76. The van der Waals surface area contributed by atoms with Crippen molar-refractivity contribution in [2.75, 3.05) is 36.9 Å². The van der Waals surface area contributed by atoms with Crippen molar-refractivity contribution in [2.24, 2.45) is 5.41 Å². The molecule has 0 aromatic heterocycles. The van der Waals surface area contributed by atoms with Gasteiger partial charge in [0.2, 0.25) is 0 Å². The van der Waals surface area contributed by atoms with Crippen LogP contribution < -0.4 is 10.6 Å². The lowest BCUT2D eigenvalue weighted by Crippen LogP contribution is -2.58.